The number of aromatic nitrogens is 4. The zero-order valence-electron chi connectivity index (χ0n) is 31.3. The van der Waals surface area contributed by atoms with E-state index >= 15 is 0 Å². The fourth-order valence-electron chi connectivity index (χ4n) is 5.14. The van der Waals surface area contributed by atoms with Crippen molar-refractivity contribution in [3.63, 3.8) is 0 Å². The van der Waals surface area contributed by atoms with Gasteiger partial charge in [-0.1, -0.05) is 25.6 Å². The fraction of sp³-hybridized carbons (Fsp3) is 0.679. The van der Waals surface area contributed by atoms with Crippen LogP contribution in [0.2, 0.25) is 0 Å². The number of nitrogens with one attached hydrogen (secondary N) is 2. The van der Waals surface area contributed by atoms with Gasteiger partial charge in [0.1, 0.15) is 36.3 Å². The number of phosphoric acid groups is 3. The number of carbonyl (C=O) groups is 4. The molecule has 12 N–H and O–H groups in total. The summed E-state index contributed by atoms with van der Waals surface area (Å²) in [5, 5.41) is 44.3. The van der Waals surface area contributed by atoms with Crippen molar-refractivity contribution in [1.82, 2.24) is 30.2 Å². The first-order valence-electron chi connectivity index (χ1n) is 17.3. The van der Waals surface area contributed by atoms with Crippen LogP contribution in [0.1, 0.15) is 52.2 Å². The summed E-state index contributed by atoms with van der Waals surface area (Å²) >= 11 is 0.862. The van der Waals surface area contributed by atoms with Crippen LogP contribution in [-0.2, 0) is 55.5 Å². The fourth-order valence-corrected chi connectivity index (χ4v) is 8.71. The lowest BCUT2D eigenvalue weighted by atomic mass is 9.87. The van der Waals surface area contributed by atoms with Crippen LogP contribution in [0.3, 0.4) is 0 Å². The number of carbonyl (C=O) groups excluding carboxylic acids is 3. The number of aliphatic hydroxyl groups is 3. The van der Waals surface area contributed by atoms with E-state index in [9.17, 15) is 67.8 Å². The van der Waals surface area contributed by atoms with E-state index in [2.05, 4.69) is 34.4 Å². The number of aliphatic hydroxyl groups excluding tert-OH is 3. The molecule has 27 nitrogen and oxygen atoms in total. The summed E-state index contributed by atoms with van der Waals surface area (Å²) in [6.07, 6.45) is -8.05. The van der Waals surface area contributed by atoms with E-state index in [-0.39, 0.29) is 73.0 Å². The topological polar surface area (TPSA) is 421 Å². The minimum Gasteiger partial charge on any atom is -0.481 e. The summed E-state index contributed by atoms with van der Waals surface area (Å²) in [6.45, 7) is 0.176. The van der Waals surface area contributed by atoms with E-state index in [0.717, 1.165) is 29.0 Å². The van der Waals surface area contributed by atoms with Crippen LogP contribution in [0.25, 0.3) is 11.2 Å². The van der Waals surface area contributed by atoms with Crippen molar-refractivity contribution in [3.8, 4) is 0 Å². The van der Waals surface area contributed by atoms with E-state index in [4.69, 9.17) is 24.6 Å². The number of hydrogen-bond acceptors (Lipinski definition) is 20. The average Bonchev–Trinajstić information content (AvgIpc) is 3.67. The molecule has 3 heterocycles. The monoisotopic (exact) mass is 925 g/mol. The average molecular weight is 926 g/mol. The molecule has 0 saturated carbocycles. The summed E-state index contributed by atoms with van der Waals surface area (Å²) < 4.78 is 62.0. The molecule has 8 unspecified atom stereocenters. The summed E-state index contributed by atoms with van der Waals surface area (Å²) in [5.41, 5.74) is 4.19. The number of phosphoric ester groups is 3. The number of fused-ring (bicyclic) bond motifs is 1. The number of rotatable bonds is 25. The molecule has 0 bridgehead atoms. The van der Waals surface area contributed by atoms with Gasteiger partial charge in [-0.2, -0.15) is 4.31 Å². The second kappa shape index (κ2) is 21.7. The maximum atomic E-state index is 12.7. The molecule has 2 amide bonds. The van der Waals surface area contributed by atoms with Crippen molar-refractivity contribution in [2.75, 3.05) is 37.8 Å². The van der Waals surface area contributed by atoms with Crippen molar-refractivity contribution in [2.45, 2.75) is 82.7 Å². The maximum absolute atomic E-state index is 12.7. The lowest BCUT2D eigenvalue weighted by Crippen LogP contribution is -2.46. The van der Waals surface area contributed by atoms with Crippen molar-refractivity contribution in [2.24, 2.45) is 5.41 Å². The first kappa shape index (κ1) is 50.3. The number of thioether (sulfide) groups is 1. The SMILES string of the molecule is CC(C)(COP(=O)(O)OP(=O)(O)OCC1OC(n2cnc3c(N)ncnc32)C(O)C1OP(=O)(O)O)C(O)C(=O)NCCC(=O)NCCSC(=O)CC(O)CCCC(=O)O. The first-order valence-corrected chi connectivity index (χ1v) is 22.8. The van der Waals surface area contributed by atoms with E-state index in [1.807, 2.05) is 0 Å². The molecular weight excluding hydrogens is 879 g/mol. The van der Waals surface area contributed by atoms with Gasteiger partial charge >= 0.3 is 29.4 Å². The zero-order valence-corrected chi connectivity index (χ0v) is 34.8. The van der Waals surface area contributed by atoms with Gasteiger partial charge in [0.25, 0.3) is 0 Å². The highest BCUT2D eigenvalue weighted by Crippen LogP contribution is 2.61. The third-order valence-electron chi connectivity index (χ3n) is 8.10. The number of nitrogens with zero attached hydrogens (tertiary/aromatic N) is 4. The Hall–Kier alpha value is -3.01. The minimum atomic E-state index is -5.60. The molecule has 0 radical (unpaired) electrons. The summed E-state index contributed by atoms with van der Waals surface area (Å²) in [6, 6.07) is 0. The number of anilines is 1. The molecule has 3 rings (SSSR count). The van der Waals surface area contributed by atoms with Crippen molar-refractivity contribution < 1.29 is 95.5 Å². The molecule has 1 aliphatic rings. The third-order valence-corrected chi connectivity index (χ3v) is 12.1. The van der Waals surface area contributed by atoms with Crippen LogP contribution < -0.4 is 16.4 Å². The second-order valence-electron chi connectivity index (χ2n) is 13.4. The Morgan fingerprint density at radius 3 is 2.36 bits per heavy atom. The molecular formula is C28H46N7O20P3S. The van der Waals surface area contributed by atoms with Gasteiger partial charge in [-0.15, -0.1) is 0 Å². The van der Waals surface area contributed by atoms with Crippen molar-refractivity contribution >= 4 is 75.1 Å². The number of hydrogen-bond donors (Lipinski definition) is 11. The molecule has 0 spiro atoms. The number of aliphatic carboxylic acids is 1. The number of carboxylic acids is 1. The van der Waals surface area contributed by atoms with Crippen molar-refractivity contribution in [1.29, 1.82) is 0 Å². The Balaban J connectivity index is 1.44. The normalized spacial score (nSPS) is 21.6. The predicted octanol–water partition coefficient (Wildman–Crippen LogP) is -1.33. The van der Waals surface area contributed by atoms with E-state index in [0.29, 0.717) is 0 Å². The van der Waals surface area contributed by atoms with Gasteiger partial charge < -0.3 is 61.1 Å². The Morgan fingerprint density at radius 2 is 1.69 bits per heavy atom. The molecule has 8 atom stereocenters. The highest BCUT2D eigenvalue weighted by Gasteiger charge is 2.50. The highest BCUT2D eigenvalue weighted by atomic mass is 32.2. The Kier molecular flexibility index (Phi) is 18.5. The standard InChI is InChI=1S/C28H46N7O20P3S/c1-28(2,23(42)26(43)31-7-6-17(37)30-8-9-59-19(40)10-15(36)4-3-5-18(38)39)12-52-58(49,50)55-57(47,48)51-11-16-22(54-56(44,45)46)21(41)27(53-16)35-14-34-20-24(29)32-13-33-25(20)35/h13-16,21-23,27,36,41-42H,3-12H2,1-2H3,(H,30,37)(H,31,43)(H,38,39)(H,47,48)(H,49,50)(H2,29,32,33)(H2,44,45,46). The molecule has 0 aliphatic carbocycles. The summed E-state index contributed by atoms with van der Waals surface area (Å²) in [4.78, 5) is 98.0. The molecule has 1 fully saturated rings. The van der Waals surface area contributed by atoms with Gasteiger partial charge in [-0.05, 0) is 12.8 Å². The van der Waals surface area contributed by atoms with Gasteiger partial charge in [0.15, 0.2) is 22.8 Å². The van der Waals surface area contributed by atoms with Crippen LogP contribution in [0, 0.1) is 5.41 Å². The number of amides is 2. The Bertz CT molecular complexity index is 1940. The number of nitrogen functional groups attached to an aromatic ring is 1. The smallest absolute Gasteiger partial charge is 0.481 e. The largest absolute Gasteiger partial charge is 0.481 e. The van der Waals surface area contributed by atoms with Gasteiger partial charge in [0.05, 0.1) is 25.6 Å². The molecule has 59 heavy (non-hydrogen) atoms. The summed E-state index contributed by atoms with van der Waals surface area (Å²) in [7, 11) is -16.5. The Morgan fingerprint density at radius 1 is 1.02 bits per heavy atom. The van der Waals surface area contributed by atoms with Crippen LogP contribution in [0.15, 0.2) is 12.7 Å². The second-order valence-corrected chi connectivity index (χ2v) is 18.8. The van der Waals surface area contributed by atoms with Gasteiger partial charge in [0.2, 0.25) is 11.8 Å². The van der Waals surface area contributed by atoms with Gasteiger partial charge in [-0.25, -0.2) is 28.6 Å². The van der Waals surface area contributed by atoms with E-state index in [1.165, 1.54) is 13.8 Å². The summed E-state index contributed by atoms with van der Waals surface area (Å²) in [5.74, 6) is -2.44. The van der Waals surface area contributed by atoms with Crippen LogP contribution in [-0.4, -0.2) is 145 Å². The lowest BCUT2D eigenvalue weighted by molar-refractivity contribution is -0.138. The van der Waals surface area contributed by atoms with E-state index < -0.39 is 96.6 Å². The first-order chi connectivity index (χ1) is 27.3. The third kappa shape index (κ3) is 16.4. The molecule has 0 aromatic carbocycles. The lowest BCUT2D eigenvalue weighted by Gasteiger charge is -2.30. The zero-order chi connectivity index (χ0) is 44.3. The molecule has 31 heteroatoms. The van der Waals surface area contributed by atoms with Crippen LogP contribution >= 0.6 is 35.2 Å². The number of ether oxygens (including phenoxy) is 1. The minimum absolute atomic E-state index is 0.0169. The maximum Gasteiger partial charge on any atom is 0.481 e. The molecule has 334 valence electrons. The molecule has 2 aromatic rings. The van der Waals surface area contributed by atoms with Crippen LogP contribution in [0.4, 0.5) is 5.82 Å². The quantitative estimate of drug-likeness (QED) is 0.0406. The number of imidazole rings is 1. The van der Waals surface area contributed by atoms with Crippen LogP contribution in [0.5, 0.6) is 0 Å². The number of nitrogens with two attached hydrogens (primary N) is 1. The highest BCUT2D eigenvalue weighted by molar-refractivity contribution is 8.13. The van der Waals surface area contributed by atoms with Crippen molar-refractivity contribution in [3.05, 3.63) is 12.7 Å². The Labute approximate surface area is 338 Å². The molecule has 1 saturated heterocycles. The van der Waals surface area contributed by atoms with E-state index in [1.54, 1.807) is 0 Å². The van der Waals surface area contributed by atoms with Gasteiger partial charge in [-0.3, -0.25) is 37.3 Å². The number of carboxylic acid groups (broad SMARTS) is 1. The predicted molar refractivity (Wildman–Crippen MR) is 199 cm³/mol. The molecule has 2 aromatic heterocycles. The van der Waals surface area contributed by atoms with Gasteiger partial charge in [0, 0.05) is 43.5 Å². The molecule has 1 aliphatic heterocycles.